The van der Waals surface area contributed by atoms with Gasteiger partial charge in [0.25, 0.3) is 5.91 Å². The first-order valence-electron chi connectivity index (χ1n) is 7.46. The third-order valence-electron chi connectivity index (χ3n) is 3.63. The molecule has 9 nitrogen and oxygen atoms in total. The van der Waals surface area contributed by atoms with E-state index < -0.39 is 11.9 Å². The molecule has 1 amide bonds. The number of carboxylic acid groups (broad SMARTS) is 1. The van der Waals surface area contributed by atoms with E-state index in [1.54, 1.807) is 11.7 Å². The van der Waals surface area contributed by atoms with Gasteiger partial charge in [-0.3, -0.25) is 14.8 Å². The molecule has 0 atom stereocenters. The average molecular weight is 340 g/mol. The Hall–Kier alpha value is -3.49. The lowest BCUT2D eigenvalue weighted by Gasteiger charge is -2.04. The zero-order valence-corrected chi connectivity index (χ0v) is 13.7. The van der Waals surface area contributed by atoms with Crippen LogP contribution in [0.5, 0.6) is 0 Å². The van der Waals surface area contributed by atoms with E-state index in [1.165, 1.54) is 17.2 Å². The summed E-state index contributed by atoms with van der Waals surface area (Å²) >= 11 is 0. The van der Waals surface area contributed by atoms with Crippen LogP contribution in [0.3, 0.4) is 0 Å². The summed E-state index contributed by atoms with van der Waals surface area (Å²) in [6.45, 7) is 2.52. The van der Waals surface area contributed by atoms with E-state index in [4.69, 9.17) is 5.11 Å². The van der Waals surface area contributed by atoms with Crippen LogP contribution in [0.15, 0.2) is 36.8 Å². The molecule has 0 fully saturated rings. The van der Waals surface area contributed by atoms with Crippen molar-refractivity contribution in [3.05, 3.63) is 59.2 Å². The van der Waals surface area contributed by atoms with Crippen LogP contribution in [-0.4, -0.2) is 41.5 Å². The first-order chi connectivity index (χ1) is 11.9. The fraction of sp³-hybridized carbons (Fsp3) is 0.188. The Morgan fingerprint density at radius 3 is 2.72 bits per heavy atom. The number of nitrogens with zero attached hydrogens (tertiary/aromatic N) is 5. The molecule has 1 aromatic carbocycles. The van der Waals surface area contributed by atoms with Gasteiger partial charge in [-0.2, -0.15) is 5.10 Å². The normalized spacial score (nSPS) is 10.6. The predicted octanol–water partition coefficient (Wildman–Crippen LogP) is 1.32. The van der Waals surface area contributed by atoms with E-state index in [0.29, 0.717) is 6.54 Å². The Labute approximate surface area is 142 Å². The van der Waals surface area contributed by atoms with Crippen molar-refractivity contribution in [3.8, 4) is 0 Å². The Kier molecular flexibility index (Phi) is 4.29. The second kappa shape index (κ2) is 6.56. The van der Waals surface area contributed by atoms with Gasteiger partial charge in [0.1, 0.15) is 6.33 Å². The minimum absolute atomic E-state index is 0.0507. The molecule has 3 aromatic rings. The largest absolute Gasteiger partial charge is 0.476 e. The second-order valence-corrected chi connectivity index (χ2v) is 5.52. The van der Waals surface area contributed by atoms with Crippen LogP contribution in [0.2, 0.25) is 0 Å². The number of nitrogens with one attached hydrogen (secondary N) is 1. The molecule has 2 N–H and O–H groups in total. The molecule has 0 saturated carbocycles. The van der Waals surface area contributed by atoms with Gasteiger partial charge in [-0.1, -0.05) is 24.3 Å². The fourth-order valence-electron chi connectivity index (χ4n) is 2.37. The summed E-state index contributed by atoms with van der Waals surface area (Å²) < 4.78 is 2.86. The van der Waals surface area contributed by atoms with Crippen LogP contribution >= 0.6 is 0 Å². The SMILES string of the molecule is Cc1ccccc1Cn1cnc(NC(=O)c2cn(C)nc2C(=O)O)n1. The van der Waals surface area contributed by atoms with Gasteiger partial charge in [0.05, 0.1) is 12.1 Å². The van der Waals surface area contributed by atoms with Crippen LogP contribution in [0.1, 0.15) is 32.0 Å². The molecule has 0 saturated heterocycles. The third kappa shape index (κ3) is 3.55. The van der Waals surface area contributed by atoms with E-state index in [9.17, 15) is 9.59 Å². The molecule has 0 aliphatic heterocycles. The number of carbonyl (C=O) groups excluding carboxylic acids is 1. The van der Waals surface area contributed by atoms with E-state index in [2.05, 4.69) is 20.5 Å². The highest BCUT2D eigenvalue weighted by molar-refractivity contribution is 6.09. The summed E-state index contributed by atoms with van der Waals surface area (Å²) in [7, 11) is 1.54. The van der Waals surface area contributed by atoms with Crippen molar-refractivity contribution in [1.82, 2.24) is 24.5 Å². The molecule has 25 heavy (non-hydrogen) atoms. The Morgan fingerprint density at radius 1 is 1.24 bits per heavy atom. The number of amides is 1. The number of rotatable bonds is 5. The summed E-state index contributed by atoms with van der Waals surface area (Å²) in [6, 6.07) is 7.90. The molecule has 0 aliphatic carbocycles. The monoisotopic (exact) mass is 340 g/mol. The fourth-order valence-corrected chi connectivity index (χ4v) is 2.37. The van der Waals surface area contributed by atoms with Gasteiger partial charge < -0.3 is 5.11 Å². The topological polar surface area (TPSA) is 115 Å². The molecular weight excluding hydrogens is 324 g/mol. The van der Waals surface area contributed by atoms with Crippen LogP contribution < -0.4 is 5.32 Å². The lowest BCUT2D eigenvalue weighted by molar-refractivity contribution is 0.0685. The van der Waals surface area contributed by atoms with E-state index in [1.807, 2.05) is 31.2 Å². The number of aryl methyl sites for hydroxylation is 2. The van der Waals surface area contributed by atoms with Gasteiger partial charge in [0, 0.05) is 13.2 Å². The number of hydrogen-bond acceptors (Lipinski definition) is 5. The zero-order chi connectivity index (χ0) is 18.0. The number of aromatic carboxylic acids is 1. The first-order valence-corrected chi connectivity index (χ1v) is 7.46. The molecule has 2 heterocycles. The maximum atomic E-state index is 12.3. The van der Waals surface area contributed by atoms with E-state index in [-0.39, 0.29) is 17.2 Å². The highest BCUT2D eigenvalue weighted by atomic mass is 16.4. The molecule has 0 aliphatic rings. The summed E-state index contributed by atoms with van der Waals surface area (Å²) in [6.07, 6.45) is 2.84. The van der Waals surface area contributed by atoms with Crippen molar-refractivity contribution >= 4 is 17.8 Å². The molecular formula is C16H16N6O3. The average Bonchev–Trinajstić information content (AvgIpc) is 3.16. The number of hydrogen-bond donors (Lipinski definition) is 2. The number of benzene rings is 1. The number of anilines is 1. The minimum Gasteiger partial charge on any atom is -0.476 e. The second-order valence-electron chi connectivity index (χ2n) is 5.52. The summed E-state index contributed by atoms with van der Waals surface area (Å²) in [5.74, 6) is -1.80. The molecule has 3 rings (SSSR count). The van der Waals surface area contributed by atoms with E-state index in [0.717, 1.165) is 11.1 Å². The van der Waals surface area contributed by atoms with Gasteiger partial charge in [-0.25, -0.2) is 14.5 Å². The quantitative estimate of drug-likeness (QED) is 0.724. The van der Waals surface area contributed by atoms with Crippen molar-refractivity contribution in [2.75, 3.05) is 5.32 Å². The summed E-state index contributed by atoms with van der Waals surface area (Å²) in [5, 5.41) is 19.5. The molecule has 0 radical (unpaired) electrons. The Morgan fingerprint density at radius 2 is 2.00 bits per heavy atom. The predicted molar refractivity (Wildman–Crippen MR) is 88.4 cm³/mol. The Balaban J connectivity index is 1.74. The van der Waals surface area contributed by atoms with Crippen LogP contribution in [0, 0.1) is 6.92 Å². The van der Waals surface area contributed by atoms with E-state index >= 15 is 0 Å². The number of carboxylic acids is 1. The molecule has 9 heteroatoms. The van der Waals surface area contributed by atoms with Gasteiger partial charge in [0.15, 0.2) is 5.69 Å². The lowest BCUT2D eigenvalue weighted by atomic mass is 10.1. The number of aromatic nitrogens is 5. The zero-order valence-electron chi connectivity index (χ0n) is 13.7. The van der Waals surface area contributed by atoms with Crippen molar-refractivity contribution in [2.24, 2.45) is 7.05 Å². The maximum Gasteiger partial charge on any atom is 0.357 e. The van der Waals surface area contributed by atoms with Crippen molar-refractivity contribution in [2.45, 2.75) is 13.5 Å². The third-order valence-corrected chi connectivity index (χ3v) is 3.63. The smallest absolute Gasteiger partial charge is 0.357 e. The number of carbonyl (C=O) groups is 2. The summed E-state index contributed by atoms with van der Waals surface area (Å²) in [4.78, 5) is 27.4. The Bertz CT molecular complexity index is 943. The molecule has 0 bridgehead atoms. The van der Waals surface area contributed by atoms with Crippen molar-refractivity contribution < 1.29 is 14.7 Å². The van der Waals surface area contributed by atoms with Crippen molar-refractivity contribution in [1.29, 1.82) is 0 Å². The summed E-state index contributed by atoms with van der Waals surface area (Å²) in [5.41, 5.74) is 1.85. The van der Waals surface area contributed by atoms with Crippen molar-refractivity contribution in [3.63, 3.8) is 0 Å². The minimum atomic E-state index is -1.27. The van der Waals surface area contributed by atoms with Gasteiger partial charge >= 0.3 is 5.97 Å². The first kappa shape index (κ1) is 16.4. The molecule has 0 spiro atoms. The van der Waals surface area contributed by atoms with Gasteiger partial charge in [-0.05, 0) is 18.1 Å². The standard InChI is InChI=1S/C16H16N6O3/c1-10-5-3-4-6-11(10)7-22-9-17-16(20-22)18-14(23)12-8-21(2)19-13(12)15(24)25/h3-6,8-9H,7H2,1-2H3,(H,24,25)(H,18,20,23). The molecule has 0 unspecified atom stereocenters. The lowest BCUT2D eigenvalue weighted by Crippen LogP contribution is -2.16. The maximum absolute atomic E-state index is 12.3. The van der Waals surface area contributed by atoms with Crippen LogP contribution in [0.25, 0.3) is 0 Å². The highest BCUT2D eigenvalue weighted by Crippen LogP contribution is 2.11. The molecule has 2 aromatic heterocycles. The van der Waals surface area contributed by atoms with Gasteiger partial charge in [0.2, 0.25) is 5.95 Å². The molecule has 128 valence electrons. The van der Waals surface area contributed by atoms with Crippen LogP contribution in [-0.2, 0) is 13.6 Å². The highest BCUT2D eigenvalue weighted by Gasteiger charge is 2.21. The van der Waals surface area contributed by atoms with Crippen LogP contribution in [0.4, 0.5) is 5.95 Å². The van der Waals surface area contributed by atoms with Gasteiger partial charge in [-0.15, -0.1) is 5.10 Å².